The van der Waals surface area contributed by atoms with E-state index in [0.717, 1.165) is 11.1 Å². The second-order valence-corrected chi connectivity index (χ2v) is 4.49. The summed E-state index contributed by atoms with van der Waals surface area (Å²) in [5, 5.41) is 9.40. The minimum absolute atomic E-state index is 0.373. The van der Waals surface area contributed by atoms with Gasteiger partial charge in [-0.25, -0.2) is 0 Å². The van der Waals surface area contributed by atoms with E-state index < -0.39 is 18.3 Å². The Morgan fingerprint density at radius 3 is 2.21 bits per heavy atom. The molecule has 1 N–H and O–H groups in total. The highest BCUT2D eigenvalue weighted by Crippen LogP contribution is 2.20. The van der Waals surface area contributed by atoms with Gasteiger partial charge in [-0.1, -0.05) is 29.8 Å². The standard InChI is InChI=1S/C14H21NO4/c1-10-5-7-11(8-6-10)13(14(16)17)15(2)9-12(18-3)19-4/h5-8,12-13H,9H2,1-4H3,(H,16,17). The molecule has 0 spiro atoms. The van der Waals surface area contributed by atoms with Crippen LogP contribution < -0.4 is 0 Å². The first-order valence-corrected chi connectivity index (χ1v) is 6.04. The van der Waals surface area contributed by atoms with Gasteiger partial charge >= 0.3 is 5.97 Å². The van der Waals surface area contributed by atoms with Gasteiger partial charge in [0.1, 0.15) is 6.04 Å². The van der Waals surface area contributed by atoms with Crippen molar-refractivity contribution in [2.45, 2.75) is 19.3 Å². The molecule has 1 aromatic rings. The lowest BCUT2D eigenvalue weighted by Crippen LogP contribution is -2.37. The van der Waals surface area contributed by atoms with Crippen molar-refractivity contribution in [1.29, 1.82) is 0 Å². The molecule has 5 heteroatoms. The fourth-order valence-electron chi connectivity index (χ4n) is 1.92. The Labute approximate surface area is 113 Å². The van der Waals surface area contributed by atoms with E-state index in [1.807, 2.05) is 31.2 Å². The van der Waals surface area contributed by atoms with Crippen molar-refractivity contribution < 1.29 is 19.4 Å². The minimum Gasteiger partial charge on any atom is -0.480 e. The van der Waals surface area contributed by atoms with Crippen molar-refractivity contribution in [3.05, 3.63) is 35.4 Å². The smallest absolute Gasteiger partial charge is 0.325 e. The normalized spacial score (nSPS) is 12.9. The molecule has 1 atom stereocenters. The van der Waals surface area contributed by atoms with Crippen molar-refractivity contribution >= 4 is 5.97 Å². The number of carboxylic acids is 1. The maximum absolute atomic E-state index is 11.5. The maximum atomic E-state index is 11.5. The molecule has 19 heavy (non-hydrogen) atoms. The van der Waals surface area contributed by atoms with E-state index in [-0.39, 0.29) is 0 Å². The number of nitrogens with zero attached hydrogens (tertiary/aromatic N) is 1. The highest BCUT2D eigenvalue weighted by atomic mass is 16.7. The van der Waals surface area contributed by atoms with Crippen LogP contribution in [0.4, 0.5) is 0 Å². The van der Waals surface area contributed by atoms with Gasteiger partial charge in [0, 0.05) is 14.2 Å². The molecule has 106 valence electrons. The molecule has 0 saturated carbocycles. The highest BCUT2D eigenvalue weighted by Gasteiger charge is 2.26. The zero-order valence-corrected chi connectivity index (χ0v) is 11.8. The van der Waals surface area contributed by atoms with E-state index in [4.69, 9.17) is 9.47 Å². The first kappa shape index (κ1) is 15.6. The quantitative estimate of drug-likeness (QED) is 0.762. The first-order chi connectivity index (χ1) is 8.99. The van der Waals surface area contributed by atoms with E-state index in [1.54, 1.807) is 11.9 Å². The Balaban J connectivity index is 2.88. The van der Waals surface area contributed by atoms with Crippen molar-refractivity contribution in [3.63, 3.8) is 0 Å². The molecule has 0 aromatic heterocycles. The van der Waals surface area contributed by atoms with E-state index >= 15 is 0 Å². The van der Waals surface area contributed by atoms with Gasteiger partial charge in [0.05, 0.1) is 6.54 Å². The summed E-state index contributed by atoms with van der Waals surface area (Å²) >= 11 is 0. The SMILES string of the molecule is COC(CN(C)C(C(=O)O)c1ccc(C)cc1)OC. The Hall–Kier alpha value is -1.43. The molecule has 0 heterocycles. The molecule has 1 unspecified atom stereocenters. The Kier molecular flexibility index (Phi) is 5.95. The third-order valence-corrected chi connectivity index (χ3v) is 3.03. The molecule has 0 radical (unpaired) electrons. The number of methoxy groups -OCH3 is 2. The number of ether oxygens (including phenoxy) is 2. The van der Waals surface area contributed by atoms with Crippen LogP contribution in [0.25, 0.3) is 0 Å². The third-order valence-electron chi connectivity index (χ3n) is 3.03. The number of likely N-dealkylation sites (N-methyl/N-ethyl adjacent to an activating group) is 1. The zero-order valence-electron chi connectivity index (χ0n) is 11.8. The Bertz CT molecular complexity index is 400. The minimum atomic E-state index is -0.891. The number of hydrogen-bond donors (Lipinski definition) is 1. The zero-order chi connectivity index (χ0) is 14.4. The predicted octanol–water partition coefficient (Wildman–Crippen LogP) is 1.67. The number of carboxylic acid groups (broad SMARTS) is 1. The average Bonchev–Trinajstić information content (AvgIpc) is 2.38. The summed E-state index contributed by atoms with van der Waals surface area (Å²) in [6, 6.07) is 6.76. The summed E-state index contributed by atoms with van der Waals surface area (Å²) < 4.78 is 10.2. The summed E-state index contributed by atoms with van der Waals surface area (Å²) in [4.78, 5) is 13.2. The summed E-state index contributed by atoms with van der Waals surface area (Å²) in [5.74, 6) is -0.891. The second-order valence-electron chi connectivity index (χ2n) is 4.49. The lowest BCUT2D eigenvalue weighted by molar-refractivity contribution is -0.148. The van der Waals surface area contributed by atoms with E-state index in [2.05, 4.69) is 0 Å². The van der Waals surface area contributed by atoms with E-state index in [0.29, 0.717) is 6.54 Å². The monoisotopic (exact) mass is 267 g/mol. The molecule has 5 nitrogen and oxygen atoms in total. The van der Waals surface area contributed by atoms with Gasteiger partial charge in [-0.15, -0.1) is 0 Å². The van der Waals surface area contributed by atoms with Crippen molar-refractivity contribution in [2.24, 2.45) is 0 Å². The first-order valence-electron chi connectivity index (χ1n) is 6.04. The highest BCUT2D eigenvalue weighted by molar-refractivity contribution is 5.75. The molecule has 0 saturated heterocycles. The van der Waals surface area contributed by atoms with Crippen molar-refractivity contribution in [1.82, 2.24) is 4.90 Å². The van der Waals surface area contributed by atoms with Gasteiger partial charge in [0.15, 0.2) is 6.29 Å². The van der Waals surface area contributed by atoms with E-state index in [1.165, 1.54) is 14.2 Å². The second kappa shape index (κ2) is 7.23. The summed E-state index contributed by atoms with van der Waals surface area (Å²) in [6.45, 7) is 2.34. The summed E-state index contributed by atoms with van der Waals surface area (Å²) in [5.41, 5.74) is 1.84. The van der Waals surface area contributed by atoms with Crippen LogP contribution in [0.15, 0.2) is 24.3 Å². The maximum Gasteiger partial charge on any atom is 0.325 e. The van der Waals surface area contributed by atoms with Gasteiger partial charge in [-0.2, -0.15) is 0 Å². The number of aryl methyl sites for hydroxylation is 1. The molecular formula is C14H21NO4. The molecule has 0 aliphatic carbocycles. The van der Waals surface area contributed by atoms with Crippen LogP contribution in [0.2, 0.25) is 0 Å². The summed E-state index contributed by atoms with van der Waals surface area (Å²) in [6.07, 6.45) is -0.447. The fourth-order valence-corrected chi connectivity index (χ4v) is 1.92. The van der Waals surface area contributed by atoms with Gasteiger partial charge in [-0.05, 0) is 19.5 Å². The lowest BCUT2D eigenvalue weighted by Gasteiger charge is -2.27. The number of benzene rings is 1. The topological polar surface area (TPSA) is 59.0 Å². The summed E-state index contributed by atoms with van der Waals surface area (Å²) in [7, 11) is 4.80. The van der Waals surface area contributed by atoms with Crippen molar-refractivity contribution in [2.75, 3.05) is 27.8 Å². The number of carbonyl (C=O) groups is 1. The fraction of sp³-hybridized carbons (Fsp3) is 0.500. The molecule has 1 aromatic carbocycles. The van der Waals surface area contributed by atoms with Crippen LogP contribution in [-0.4, -0.2) is 50.1 Å². The molecule has 0 fully saturated rings. The van der Waals surface area contributed by atoms with Crippen LogP contribution in [0, 0.1) is 6.92 Å². The number of hydrogen-bond acceptors (Lipinski definition) is 4. The van der Waals surface area contributed by atoms with Crippen molar-refractivity contribution in [3.8, 4) is 0 Å². The van der Waals surface area contributed by atoms with Gasteiger partial charge in [0.25, 0.3) is 0 Å². The van der Waals surface area contributed by atoms with Crippen LogP contribution in [0.3, 0.4) is 0 Å². The van der Waals surface area contributed by atoms with Crippen LogP contribution in [0.5, 0.6) is 0 Å². The van der Waals surface area contributed by atoms with E-state index in [9.17, 15) is 9.90 Å². The largest absolute Gasteiger partial charge is 0.480 e. The van der Waals surface area contributed by atoms with Crippen LogP contribution >= 0.6 is 0 Å². The van der Waals surface area contributed by atoms with Crippen LogP contribution in [-0.2, 0) is 14.3 Å². The molecule has 0 aliphatic rings. The Morgan fingerprint density at radius 1 is 1.26 bits per heavy atom. The third kappa shape index (κ3) is 4.31. The Morgan fingerprint density at radius 2 is 1.79 bits per heavy atom. The molecule has 1 rings (SSSR count). The number of aliphatic carboxylic acids is 1. The average molecular weight is 267 g/mol. The van der Waals surface area contributed by atoms with Gasteiger partial charge < -0.3 is 14.6 Å². The number of rotatable bonds is 7. The molecule has 0 bridgehead atoms. The molecular weight excluding hydrogens is 246 g/mol. The van der Waals surface area contributed by atoms with Gasteiger partial charge in [0.2, 0.25) is 0 Å². The van der Waals surface area contributed by atoms with Crippen LogP contribution in [0.1, 0.15) is 17.2 Å². The lowest BCUT2D eigenvalue weighted by atomic mass is 10.0. The predicted molar refractivity (Wildman–Crippen MR) is 72.0 cm³/mol. The molecule has 0 amide bonds. The molecule has 0 aliphatic heterocycles. The van der Waals surface area contributed by atoms with Gasteiger partial charge in [-0.3, -0.25) is 9.69 Å².